The Kier molecular flexibility index (Phi) is 2.74. The maximum absolute atomic E-state index is 4.59. The summed E-state index contributed by atoms with van der Waals surface area (Å²) in [6, 6.07) is 1.88. The molecule has 2 aromatic rings. The Hall–Kier alpha value is -0.820. The summed E-state index contributed by atoms with van der Waals surface area (Å²) >= 11 is 6.81. The molecular formula is C10H9Br2N5. The van der Waals surface area contributed by atoms with Crippen LogP contribution in [-0.2, 0) is 7.05 Å². The van der Waals surface area contributed by atoms with Crippen molar-refractivity contribution in [2.45, 2.75) is 18.8 Å². The lowest BCUT2D eigenvalue weighted by Crippen LogP contribution is -2.00. The molecule has 2 aromatic heterocycles. The van der Waals surface area contributed by atoms with Gasteiger partial charge in [0.15, 0.2) is 4.60 Å². The summed E-state index contributed by atoms with van der Waals surface area (Å²) in [6.07, 6.45) is 2.36. The Balaban J connectivity index is 2.14. The van der Waals surface area contributed by atoms with Crippen molar-refractivity contribution in [1.29, 1.82) is 0 Å². The summed E-state index contributed by atoms with van der Waals surface area (Å²) in [4.78, 5) is 8.99. The van der Waals surface area contributed by atoms with E-state index in [9.17, 15) is 0 Å². The van der Waals surface area contributed by atoms with Crippen molar-refractivity contribution in [3.8, 4) is 11.4 Å². The summed E-state index contributed by atoms with van der Waals surface area (Å²) in [6.45, 7) is 0. The molecule has 17 heavy (non-hydrogen) atoms. The molecule has 1 saturated carbocycles. The molecule has 0 spiro atoms. The first kappa shape index (κ1) is 11.3. The third-order valence-corrected chi connectivity index (χ3v) is 3.62. The summed E-state index contributed by atoms with van der Waals surface area (Å²) in [5.41, 5.74) is 1.71. The van der Waals surface area contributed by atoms with Crippen molar-refractivity contribution in [2.24, 2.45) is 7.05 Å². The molecule has 0 saturated heterocycles. The summed E-state index contributed by atoms with van der Waals surface area (Å²) in [7, 11) is 1.85. The van der Waals surface area contributed by atoms with Gasteiger partial charge in [-0.05, 0) is 50.8 Å². The lowest BCUT2D eigenvalue weighted by molar-refractivity contribution is 0.717. The molecule has 0 aromatic carbocycles. The van der Waals surface area contributed by atoms with Gasteiger partial charge in [0, 0.05) is 13.0 Å². The van der Waals surface area contributed by atoms with Crippen LogP contribution in [0.1, 0.15) is 24.6 Å². The highest BCUT2D eigenvalue weighted by Gasteiger charge is 2.28. The van der Waals surface area contributed by atoms with Crippen LogP contribution in [-0.4, -0.2) is 25.0 Å². The molecule has 0 aliphatic heterocycles. The zero-order chi connectivity index (χ0) is 12.0. The Labute approximate surface area is 115 Å². The SMILES string of the molecule is Cn1nnc(Br)c1-c1cc(Br)nc(C2CC2)n1. The largest absolute Gasteiger partial charge is 0.245 e. The second-order valence-electron chi connectivity index (χ2n) is 4.06. The molecule has 1 fully saturated rings. The predicted molar refractivity (Wildman–Crippen MR) is 69.4 cm³/mol. The number of hydrogen-bond donors (Lipinski definition) is 0. The molecule has 1 aliphatic carbocycles. The fraction of sp³-hybridized carbons (Fsp3) is 0.400. The normalized spacial score (nSPS) is 15.2. The number of rotatable bonds is 2. The topological polar surface area (TPSA) is 56.5 Å². The quantitative estimate of drug-likeness (QED) is 0.774. The minimum absolute atomic E-state index is 0.520. The van der Waals surface area contributed by atoms with E-state index in [1.165, 1.54) is 12.8 Å². The average molecular weight is 359 g/mol. The molecule has 5 nitrogen and oxygen atoms in total. The predicted octanol–water partition coefficient (Wildman–Crippen LogP) is 2.67. The van der Waals surface area contributed by atoms with Gasteiger partial charge in [0.2, 0.25) is 0 Å². The molecule has 0 unspecified atom stereocenters. The lowest BCUT2D eigenvalue weighted by atomic mass is 10.3. The van der Waals surface area contributed by atoms with E-state index < -0.39 is 0 Å². The zero-order valence-corrected chi connectivity index (χ0v) is 12.2. The molecule has 0 atom stereocenters. The lowest BCUT2D eigenvalue weighted by Gasteiger charge is -2.04. The van der Waals surface area contributed by atoms with E-state index in [-0.39, 0.29) is 0 Å². The van der Waals surface area contributed by atoms with Crippen molar-refractivity contribution >= 4 is 31.9 Å². The molecule has 1 aliphatic rings. The van der Waals surface area contributed by atoms with Gasteiger partial charge in [0.1, 0.15) is 16.1 Å². The first-order valence-corrected chi connectivity index (χ1v) is 6.84. The average Bonchev–Trinajstić information content (AvgIpc) is 3.05. The van der Waals surface area contributed by atoms with Crippen molar-refractivity contribution in [3.05, 3.63) is 21.1 Å². The molecule has 7 heteroatoms. The fourth-order valence-electron chi connectivity index (χ4n) is 1.68. The van der Waals surface area contributed by atoms with E-state index in [4.69, 9.17) is 0 Å². The van der Waals surface area contributed by atoms with Crippen LogP contribution >= 0.6 is 31.9 Å². The van der Waals surface area contributed by atoms with E-state index in [0.29, 0.717) is 10.5 Å². The summed E-state index contributed by atoms with van der Waals surface area (Å²) in [5.74, 6) is 1.42. The van der Waals surface area contributed by atoms with Crippen LogP contribution in [0.4, 0.5) is 0 Å². The maximum atomic E-state index is 4.59. The van der Waals surface area contributed by atoms with Gasteiger partial charge < -0.3 is 0 Å². The Bertz CT molecular complexity index is 557. The third kappa shape index (κ3) is 2.13. The molecule has 0 amide bonds. The highest BCUT2D eigenvalue weighted by atomic mass is 79.9. The number of aryl methyl sites for hydroxylation is 1. The first-order chi connectivity index (χ1) is 8.15. The monoisotopic (exact) mass is 357 g/mol. The van der Waals surface area contributed by atoms with Crippen molar-refractivity contribution in [1.82, 2.24) is 25.0 Å². The van der Waals surface area contributed by atoms with Crippen LogP contribution in [0.5, 0.6) is 0 Å². The Morgan fingerprint density at radius 3 is 2.65 bits per heavy atom. The standard InChI is InChI=1S/C10H9Br2N5/c1-17-8(9(12)15-16-17)6-4-7(11)14-10(13-6)5-2-3-5/h4-5H,2-3H2,1H3. The van der Waals surface area contributed by atoms with Gasteiger partial charge in [-0.2, -0.15) is 0 Å². The van der Waals surface area contributed by atoms with Crippen LogP contribution in [0, 0.1) is 0 Å². The smallest absolute Gasteiger partial charge is 0.157 e. The minimum Gasteiger partial charge on any atom is -0.245 e. The van der Waals surface area contributed by atoms with E-state index >= 15 is 0 Å². The fourth-order valence-corrected chi connectivity index (χ4v) is 2.61. The van der Waals surface area contributed by atoms with Crippen molar-refractivity contribution in [2.75, 3.05) is 0 Å². The molecule has 0 radical (unpaired) electrons. The molecule has 0 bridgehead atoms. The number of hydrogen-bond acceptors (Lipinski definition) is 4. The van der Waals surface area contributed by atoms with E-state index in [2.05, 4.69) is 52.1 Å². The number of aromatic nitrogens is 5. The van der Waals surface area contributed by atoms with Gasteiger partial charge in [-0.3, -0.25) is 0 Å². The summed E-state index contributed by atoms with van der Waals surface area (Å²) in [5, 5.41) is 7.92. The minimum atomic E-state index is 0.520. The molecule has 0 N–H and O–H groups in total. The molecule has 3 rings (SSSR count). The highest BCUT2D eigenvalue weighted by Crippen LogP contribution is 2.39. The van der Waals surface area contributed by atoms with Crippen LogP contribution < -0.4 is 0 Å². The molecular weight excluding hydrogens is 350 g/mol. The van der Waals surface area contributed by atoms with Crippen LogP contribution in [0.3, 0.4) is 0 Å². The van der Waals surface area contributed by atoms with Crippen LogP contribution in [0.2, 0.25) is 0 Å². The van der Waals surface area contributed by atoms with Gasteiger partial charge >= 0.3 is 0 Å². The summed E-state index contributed by atoms with van der Waals surface area (Å²) < 4.78 is 3.21. The van der Waals surface area contributed by atoms with Gasteiger partial charge in [-0.15, -0.1) is 5.10 Å². The van der Waals surface area contributed by atoms with Crippen LogP contribution in [0.15, 0.2) is 15.3 Å². The van der Waals surface area contributed by atoms with Gasteiger partial charge in [-0.25, -0.2) is 14.6 Å². The van der Waals surface area contributed by atoms with E-state index in [1.807, 2.05) is 13.1 Å². The third-order valence-electron chi connectivity index (χ3n) is 2.68. The number of halogens is 2. The zero-order valence-electron chi connectivity index (χ0n) is 9.06. The second kappa shape index (κ2) is 4.13. The van der Waals surface area contributed by atoms with E-state index in [0.717, 1.165) is 21.8 Å². The van der Waals surface area contributed by atoms with Gasteiger partial charge in [-0.1, -0.05) is 5.21 Å². The van der Waals surface area contributed by atoms with Crippen LogP contribution in [0.25, 0.3) is 11.4 Å². The highest BCUT2D eigenvalue weighted by molar-refractivity contribution is 9.10. The van der Waals surface area contributed by atoms with E-state index in [1.54, 1.807) is 4.68 Å². The van der Waals surface area contributed by atoms with Crippen molar-refractivity contribution in [3.63, 3.8) is 0 Å². The number of nitrogens with zero attached hydrogens (tertiary/aromatic N) is 5. The Morgan fingerprint density at radius 1 is 1.29 bits per heavy atom. The molecule has 2 heterocycles. The molecule has 88 valence electrons. The second-order valence-corrected chi connectivity index (χ2v) is 5.62. The van der Waals surface area contributed by atoms with Gasteiger partial charge in [0.05, 0.1) is 5.69 Å². The first-order valence-electron chi connectivity index (χ1n) is 5.25. The van der Waals surface area contributed by atoms with Gasteiger partial charge in [0.25, 0.3) is 0 Å². The maximum Gasteiger partial charge on any atom is 0.157 e. The Morgan fingerprint density at radius 2 is 2.06 bits per heavy atom. The van der Waals surface area contributed by atoms with Crippen molar-refractivity contribution < 1.29 is 0 Å².